The first-order chi connectivity index (χ1) is 5.56. The Morgan fingerprint density at radius 2 is 1.42 bits per heavy atom. The molecule has 12 heavy (non-hydrogen) atoms. The lowest BCUT2D eigenvalue weighted by molar-refractivity contribution is 0.405. The van der Waals surface area contributed by atoms with Gasteiger partial charge in [-0.1, -0.05) is 33.6 Å². The van der Waals surface area contributed by atoms with Crippen LogP contribution in [-0.4, -0.2) is 16.3 Å². The molecular formula is C6H18ClNO3P+. The van der Waals surface area contributed by atoms with Gasteiger partial charge in [0.1, 0.15) is 0 Å². The Labute approximate surface area is 80.0 Å². The minimum atomic E-state index is -2.87. The van der Waals surface area contributed by atoms with Gasteiger partial charge in [-0.25, -0.2) is 4.84 Å². The van der Waals surface area contributed by atoms with E-state index in [0.29, 0.717) is 0 Å². The molecule has 0 radical (unpaired) electrons. The van der Waals surface area contributed by atoms with Crippen LogP contribution in [0.5, 0.6) is 0 Å². The molecule has 0 rings (SSSR count). The summed E-state index contributed by atoms with van der Waals surface area (Å²) in [7, 11) is -2.87. The van der Waals surface area contributed by atoms with Crippen LogP contribution in [0, 0.1) is 0 Å². The van der Waals surface area contributed by atoms with Gasteiger partial charge in [0.05, 0.1) is 0 Å². The first-order valence-electron chi connectivity index (χ1n) is 3.75. The lowest BCUT2D eigenvalue weighted by Gasteiger charge is -1.72. The summed E-state index contributed by atoms with van der Waals surface area (Å²) < 4.78 is 8.70. The van der Waals surface area contributed by atoms with E-state index < -0.39 is 8.25 Å². The maximum atomic E-state index is 8.70. The van der Waals surface area contributed by atoms with Crippen molar-refractivity contribution in [3.8, 4) is 0 Å². The molecule has 0 aromatic rings. The molecule has 0 saturated carbocycles. The summed E-state index contributed by atoms with van der Waals surface area (Å²) in [5, 5.41) is 0. The fourth-order valence-corrected chi connectivity index (χ4v) is 0. The molecule has 0 atom stereocenters. The summed E-state index contributed by atoms with van der Waals surface area (Å²) in [4.78, 5) is 16.6. The van der Waals surface area contributed by atoms with Crippen molar-refractivity contribution in [1.82, 2.24) is 4.84 Å². The van der Waals surface area contributed by atoms with Crippen molar-refractivity contribution in [2.75, 3.05) is 6.54 Å². The van der Waals surface area contributed by atoms with Crippen LogP contribution >= 0.6 is 20.0 Å². The highest BCUT2D eigenvalue weighted by atomic mass is 35.5. The molecule has 0 heterocycles. The normalized spacial score (nSPS) is 7.17. The summed E-state index contributed by atoms with van der Waals surface area (Å²) in [6, 6.07) is 0. The second-order valence-electron chi connectivity index (χ2n) is 1.74. The van der Waals surface area contributed by atoms with E-state index >= 15 is 0 Å². The molecule has 6 heteroatoms. The molecule has 3 N–H and O–H groups in total. The second-order valence-corrected chi connectivity index (χ2v) is 2.51. The first kappa shape index (κ1) is 18.1. The van der Waals surface area contributed by atoms with Gasteiger partial charge in [-0.15, -0.1) is 9.79 Å². The van der Waals surface area contributed by atoms with Gasteiger partial charge in [0.15, 0.2) is 0 Å². The summed E-state index contributed by atoms with van der Waals surface area (Å²) >= 11 is 4.94. The monoisotopic (exact) mass is 218 g/mol. The Kier molecular flexibility index (Phi) is 34.0. The Hall–Kier alpha value is 0.270. The van der Waals surface area contributed by atoms with Crippen molar-refractivity contribution in [2.24, 2.45) is 0 Å². The molecule has 0 spiro atoms. The molecule has 0 amide bonds. The van der Waals surface area contributed by atoms with E-state index in [1.54, 1.807) is 0 Å². The fraction of sp³-hybridized carbons (Fsp3) is 1.00. The summed E-state index contributed by atoms with van der Waals surface area (Å²) in [5.41, 5.74) is 0. The Morgan fingerprint density at radius 1 is 1.25 bits per heavy atom. The SMILES string of the molecule is CCCC.CCNCl.O=[P+](O)O. The zero-order valence-corrected chi connectivity index (χ0v) is 9.40. The van der Waals surface area contributed by atoms with Crippen molar-refractivity contribution in [2.45, 2.75) is 33.6 Å². The highest BCUT2D eigenvalue weighted by Gasteiger charge is 1.93. The highest BCUT2D eigenvalue weighted by molar-refractivity contribution is 7.30. The number of nitrogens with one attached hydrogen (secondary N) is 1. The summed E-state index contributed by atoms with van der Waals surface area (Å²) in [6.07, 6.45) is 2.64. The number of hydrogen-bond acceptors (Lipinski definition) is 2. The molecule has 0 bridgehead atoms. The van der Waals surface area contributed by atoms with Crippen LogP contribution in [0.4, 0.5) is 0 Å². The van der Waals surface area contributed by atoms with Crippen LogP contribution in [-0.2, 0) is 4.57 Å². The van der Waals surface area contributed by atoms with E-state index in [-0.39, 0.29) is 0 Å². The highest BCUT2D eigenvalue weighted by Crippen LogP contribution is 1.98. The lowest BCUT2D eigenvalue weighted by Crippen LogP contribution is -1.91. The number of rotatable bonds is 2. The topological polar surface area (TPSA) is 69.6 Å². The average Bonchev–Trinajstić information content (AvgIpc) is 2.03. The van der Waals surface area contributed by atoms with Gasteiger partial charge in [0, 0.05) is 11.1 Å². The third kappa shape index (κ3) is 171. The van der Waals surface area contributed by atoms with E-state index in [1.165, 1.54) is 12.8 Å². The van der Waals surface area contributed by atoms with E-state index in [9.17, 15) is 0 Å². The molecule has 0 aliphatic heterocycles. The molecule has 0 unspecified atom stereocenters. The minimum Gasteiger partial charge on any atom is -0.234 e. The van der Waals surface area contributed by atoms with Crippen LogP contribution in [0.15, 0.2) is 0 Å². The van der Waals surface area contributed by atoms with Gasteiger partial charge in [-0.2, -0.15) is 0 Å². The van der Waals surface area contributed by atoms with E-state index in [0.717, 1.165) is 6.54 Å². The Morgan fingerprint density at radius 3 is 1.42 bits per heavy atom. The molecule has 0 fully saturated rings. The molecule has 76 valence electrons. The Balaban J connectivity index is -0.000000101. The van der Waals surface area contributed by atoms with Gasteiger partial charge < -0.3 is 0 Å². The van der Waals surface area contributed by atoms with Crippen LogP contribution < -0.4 is 4.84 Å². The maximum absolute atomic E-state index is 8.70. The summed E-state index contributed by atoms with van der Waals surface area (Å²) in [6.45, 7) is 7.13. The van der Waals surface area contributed by atoms with Crippen LogP contribution in [0.3, 0.4) is 0 Å². The first-order valence-corrected chi connectivity index (χ1v) is 5.29. The summed E-state index contributed by atoms with van der Waals surface area (Å²) in [5.74, 6) is 0. The van der Waals surface area contributed by atoms with Gasteiger partial charge in [0.25, 0.3) is 0 Å². The molecule has 4 nitrogen and oxygen atoms in total. The predicted molar refractivity (Wildman–Crippen MR) is 52.2 cm³/mol. The third-order valence-electron chi connectivity index (χ3n) is 0.634. The van der Waals surface area contributed by atoms with Crippen LogP contribution in [0.25, 0.3) is 0 Å². The average molecular weight is 219 g/mol. The van der Waals surface area contributed by atoms with Crippen molar-refractivity contribution >= 4 is 20.0 Å². The van der Waals surface area contributed by atoms with E-state index in [2.05, 4.69) is 18.7 Å². The van der Waals surface area contributed by atoms with Gasteiger partial charge in [-0.05, 0) is 11.8 Å². The van der Waals surface area contributed by atoms with Crippen molar-refractivity contribution in [3.05, 3.63) is 0 Å². The number of halogens is 1. The number of hydrogen-bond donors (Lipinski definition) is 3. The smallest absolute Gasteiger partial charge is 0.234 e. The van der Waals surface area contributed by atoms with Gasteiger partial charge in [0.2, 0.25) is 0 Å². The largest absolute Gasteiger partial charge is 0.692 e. The van der Waals surface area contributed by atoms with E-state index in [1.807, 2.05) is 6.92 Å². The quantitative estimate of drug-likeness (QED) is 0.491. The molecular weight excluding hydrogens is 200 g/mol. The fourth-order valence-electron chi connectivity index (χ4n) is 0. The van der Waals surface area contributed by atoms with Crippen molar-refractivity contribution < 1.29 is 14.4 Å². The lowest BCUT2D eigenvalue weighted by atomic mass is 10.4. The van der Waals surface area contributed by atoms with Crippen molar-refractivity contribution in [1.29, 1.82) is 0 Å². The molecule has 0 aromatic heterocycles. The second kappa shape index (κ2) is 22.5. The zero-order chi connectivity index (χ0) is 10.4. The standard InChI is InChI=1S/C4H10.C2H6ClN.HO3P/c1-3-4-2;1-2-4-3;1-4(2)3/h3-4H2,1-2H3;4H,2H2,1H3;(H-,1,2,3)/p+1. The van der Waals surface area contributed by atoms with Crippen molar-refractivity contribution in [3.63, 3.8) is 0 Å². The molecule has 0 aliphatic carbocycles. The van der Waals surface area contributed by atoms with Crippen LogP contribution in [0.1, 0.15) is 33.6 Å². The van der Waals surface area contributed by atoms with Gasteiger partial charge >= 0.3 is 8.25 Å². The molecule has 0 aliphatic rings. The molecule has 0 aromatic carbocycles. The minimum absolute atomic E-state index is 0.835. The van der Waals surface area contributed by atoms with Crippen LogP contribution in [0.2, 0.25) is 0 Å². The van der Waals surface area contributed by atoms with E-state index in [4.69, 9.17) is 26.1 Å². The zero-order valence-electron chi connectivity index (χ0n) is 7.75. The third-order valence-corrected chi connectivity index (χ3v) is 0.901. The number of unbranched alkanes of at least 4 members (excludes halogenated alkanes) is 1. The molecule has 0 saturated heterocycles. The maximum Gasteiger partial charge on any atom is 0.692 e. The predicted octanol–water partition coefficient (Wildman–Crippen LogP) is 2.18. The Bertz CT molecular complexity index is 73.2. The van der Waals surface area contributed by atoms with Gasteiger partial charge in [-0.3, -0.25) is 0 Å².